The topological polar surface area (TPSA) is 64.6 Å². The average molecular weight is 279 g/mol. The van der Waals surface area contributed by atoms with Crippen LogP contribution in [0.2, 0.25) is 0 Å². The van der Waals surface area contributed by atoms with Gasteiger partial charge < -0.3 is 14.8 Å². The molecule has 0 fully saturated rings. The van der Waals surface area contributed by atoms with Gasteiger partial charge in [0, 0.05) is 0 Å². The molecule has 0 heterocycles. The van der Waals surface area contributed by atoms with Crippen LogP contribution in [0.4, 0.5) is 0 Å². The van der Waals surface area contributed by atoms with E-state index in [0.717, 1.165) is 11.3 Å². The van der Waals surface area contributed by atoms with E-state index in [1.165, 1.54) is 7.11 Å². The maximum Gasteiger partial charge on any atom is 0.328 e. The summed E-state index contributed by atoms with van der Waals surface area (Å²) in [5.74, 6) is 0.150. The monoisotopic (exact) mass is 279 g/mol. The Morgan fingerprint density at radius 2 is 1.85 bits per heavy atom. The van der Waals surface area contributed by atoms with Gasteiger partial charge in [-0.05, 0) is 31.0 Å². The first-order valence-electron chi connectivity index (χ1n) is 6.69. The molecule has 110 valence electrons. The van der Waals surface area contributed by atoms with Gasteiger partial charge in [-0.15, -0.1) is 0 Å². The van der Waals surface area contributed by atoms with Crippen molar-refractivity contribution in [2.75, 3.05) is 13.7 Å². The predicted octanol–water partition coefficient (Wildman–Crippen LogP) is 1.70. The summed E-state index contributed by atoms with van der Waals surface area (Å²) in [6, 6.07) is 6.73. The van der Waals surface area contributed by atoms with E-state index in [-0.39, 0.29) is 12.3 Å². The second-order valence-corrected chi connectivity index (χ2v) is 4.31. The van der Waals surface area contributed by atoms with Gasteiger partial charge in [-0.2, -0.15) is 0 Å². The summed E-state index contributed by atoms with van der Waals surface area (Å²) < 4.78 is 9.96. The third-order valence-electron chi connectivity index (χ3n) is 2.83. The number of carbonyl (C=O) groups excluding carboxylic acids is 2. The van der Waals surface area contributed by atoms with Crippen LogP contribution < -0.4 is 10.1 Å². The Bertz CT molecular complexity index is 442. The molecular formula is C15H21NO4. The molecule has 5 nitrogen and oxygen atoms in total. The minimum absolute atomic E-state index is 0.202. The van der Waals surface area contributed by atoms with Gasteiger partial charge in [-0.3, -0.25) is 4.79 Å². The van der Waals surface area contributed by atoms with Crippen LogP contribution in [-0.4, -0.2) is 31.6 Å². The van der Waals surface area contributed by atoms with E-state index in [1.54, 1.807) is 0 Å². The number of rotatable bonds is 7. The van der Waals surface area contributed by atoms with Crippen molar-refractivity contribution in [3.05, 3.63) is 29.8 Å². The Morgan fingerprint density at radius 3 is 2.35 bits per heavy atom. The molecule has 0 aliphatic rings. The Hall–Kier alpha value is -2.04. The van der Waals surface area contributed by atoms with Crippen LogP contribution in [0.3, 0.4) is 0 Å². The number of amides is 1. The minimum Gasteiger partial charge on any atom is -0.494 e. The molecule has 0 aromatic heterocycles. The fourth-order valence-corrected chi connectivity index (χ4v) is 1.77. The van der Waals surface area contributed by atoms with Gasteiger partial charge in [0.1, 0.15) is 11.8 Å². The lowest BCUT2D eigenvalue weighted by Crippen LogP contribution is -2.41. The second-order valence-electron chi connectivity index (χ2n) is 4.31. The molecule has 5 heteroatoms. The molecule has 1 rings (SSSR count). The highest BCUT2D eigenvalue weighted by Crippen LogP contribution is 2.12. The predicted molar refractivity (Wildman–Crippen MR) is 75.6 cm³/mol. The number of nitrogens with one attached hydrogen (secondary N) is 1. The van der Waals surface area contributed by atoms with Crippen LogP contribution in [0.1, 0.15) is 25.8 Å². The van der Waals surface area contributed by atoms with Crippen LogP contribution in [0.15, 0.2) is 24.3 Å². The van der Waals surface area contributed by atoms with Gasteiger partial charge >= 0.3 is 5.97 Å². The fourth-order valence-electron chi connectivity index (χ4n) is 1.77. The third kappa shape index (κ3) is 4.91. The molecule has 20 heavy (non-hydrogen) atoms. The molecule has 1 amide bonds. The van der Waals surface area contributed by atoms with Crippen molar-refractivity contribution in [2.24, 2.45) is 0 Å². The second kappa shape index (κ2) is 8.19. The van der Waals surface area contributed by atoms with Gasteiger partial charge in [-0.1, -0.05) is 19.1 Å². The Kier molecular flexibility index (Phi) is 6.56. The molecule has 0 saturated carbocycles. The number of hydrogen-bond acceptors (Lipinski definition) is 4. The molecule has 1 unspecified atom stereocenters. The van der Waals surface area contributed by atoms with E-state index in [2.05, 4.69) is 10.1 Å². The first-order valence-corrected chi connectivity index (χ1v) is 6.69. The number of hydrogen-bond donors (Lipinski definition) is 1. The number of ether oxygens (including phenoxy) is 2. The van der Waals surface area contributed by atoms with Crippen LogP contribution in [0.25, 0.3) is 0 Å². The van der Waals surface area contributed by atoms with E-state index in [9.17, 15) is 9.59 Å². The quantitative estimate of drug-likeness (QED) is 0.771. The maximum absolute atomic E-state index is 11.9. The highest BCUT2D eigenvalue weighted by atomic mass is 16.5. The fraction of sp³-hybridized carbons (Fsp3) is 0.467. The van der Waals surface area contributed by atoms with Crippen LogP contribution in [0, 0.1) is 0 Å². The summed E-state index contributed by atoms with van der Waals surface area (Å²) >= 11 is 0. The molecule has 1 atom stereocenters. The summed E-state index contributed by atoms with van der Waals surface area (Å²) in [5, 5.41) is 2.66. The van der Waals surface area contributed by atoms with Gasteiger partial charge in [-0.25, -0.2) is 4.79 Å². The zero-order valence-electron chi connectivity index (χ0n) is 12.1. The van der Waals surface area contributed by atoms with E-state index in [1.807, 2.05) is 38.1 Å². The van der Waals surface area contributed by atoms with Crippen LogP contribution >= 0.6 is 0 Å². The lowest BCUT2D eigenvalue weighted by molar-refractivity contribution is -0.145. The molecule has 0 radical (unpaired) electrons. The molecule has 0 spiro atoms. The normalized spacial score (nSPS) is 11.6. The average Bonchev–Trinajstić information content (AvgIpc) is 2.46. The zero-order chi connectivity index (χ0) is 15.0. The highest BCUT2D eigenvalue weighted by molar-refractivity contribution is 5.85. The summed E-state index contributed by atoms with van der Waals surface area (Å²) in [6.45, 7) is 4.34. The number of methoxy groups -OCH3 is 1. The number of esters is 1. The molecule has 1 aromatic carbocycles. The third-order valence-corrected chi connectivity index (χ3v) is 2.83. The summed E-state index contributed by atoms with van der Waals surface area (Å²) in [5.41, 5.74) is 0.866. The first-order chi connectivity index (χ1) is 9.60. The molecule has 0 saturated heterocycles. The molecule has 0 bridgehead atoms. The highest BCUT2D eigenvalue weighted by Gasteiger charge is 2.19. The van der Waals surface area contributed by atoms with E-state index < -0.39 is 12.0 Å². The molecular weight excluding hydrogens is 258 g/mol. The smallest absolute Gasteiger partial charge is 0.328 e. The van der Waals surface area contributed by atoms with Gasteiger partial charge in [0.25, 0.3) is 0 Å². The van der Waals surface area contributed by atoms with Crippen molar-refractivity contribution in [3.8, 4) is 5.75 Å². The number of carbonyl (C=O) groups is 2. The van der Waals surface area contributed by atoms with Crippen molar-refractivity contribution >= 4 is 11.9 Å². The van der Waals surface area contributed by atoms with Crippen molar-refractivity contribution in [1.82, 2.24) is 5.32 Å². The van der Waals surface area contributed by atoms with Gasteiger partial charge in [0.15, 0.2) is 0 Å². The van der Waals surface area contributed by atoms with E-state index >= 15 is 0 Å². The standard InChI is InChI=1S/C15H21NO4/c1-4-13(15(18)19-3)16-14(17)10-11-6-8-12(9-7-11)20-5-2/h6-9,13H,4-5,10H2,1-3H3,(H,16,17). The Labute approximate surface area is 119 Å². The SMILES string of the molecule is CCOc1ccc(CC(=O)NC(CC)C(=O)OC)cc1. The molecule has 1 aromatic rings. The molecule has 0 aliphatic heterocycles. The van der Waals surface area contributed by atoms with Crippen molar-refractivity contribution in [3.63, 3.8) is 0 Å². The van der Waals surface area contributed by atoms with Gasteiger partial charge in [0.2, 0.25) is 5.91 Å². The summed E-state index contributed by atoms with van der Waals surface area (Å²) in [4.78, 5) is 23.3. The molecule has 1 N–H and O–H groups in total. The Morgan fingerprint density at radius 1 is 1.20 bits per heavy atom. The lowest BCUT2D eigenvalue weighted by atomic mass is 10.1. The van der Waals surface area contributed by atoms with Crippen molar-refractivity contribution in [1.29, 1.82) is 0 Å². The van der Waals surface area contributed by atoms with Crippen LogP contribution in [-0.2, 0) is 20.7 Å². The minimum atomic E-state index is -0.588. The Balaban J connectivity index is 2.55. The molecule has 0 aliphatic carbocycles. The summed E-state index contributed by atoms with van der Waals surface area (Å²) in [7, 11) is 1.31. The van der Waals surface area contributed by atoms with Crippen LogP contribution in [0.5, 0.6) is 5.75 Å². The van der Waals surface area contributed by atoms with Crippen molar-refractivity contribution < 1.29 is 19.1 Å². The lowest BCUT2D eigenvalue weighted by Gasteiger charge is -2.14. The number of benzene rings is 1. The van der Waals surface area contributed by atoms with Gasteiger partial charge in [0.05, 0.1) is 20.1 Å². The first kappa shape index (κ1) is 16.0. The zero-order valence-corrected chi connectivity index (χ0v) is 12.1. The van der Waals surface area contributed by atoms with E-state index in [4.69, 9.17) is 4.74 Å². The van der Waals surface area contributed by atoms with E-state index in [0.29, 0.717) is 13.0 Å². The maximum atomic E-state index is 11.9. The van der Waals surface area contributed by atoms with Crippen molar-refractivity contribution in [2.45, 2.75) is 32.7 Å². The summed E-state index contributed by atoms with van der Waals surface area (Å²) in [6.07, 6.45) is 0.724. The largest absolute Gasteiger partial charge is 0.494 e.